The smallest absolute Gasteiger partial charge is 0.251 e. The summed E-state index contributed by atoms with van der Waals surface area (Å²) in [4.78, 5) is 25.8. The number of hydrogen-bond acceptors (Lipinski definition) is 4. The van der Waals surface area contributed by atoms with Crippen molar-refractivity contribution < 1.29 is 19.1 Å². The number of carbonyl (C=O) groups excluding carboxylic acids is 2. The molecule has 1 amide bonds. The molecule has 2 aromatic rings. The number of fused-ring (bicyclic) bond motifs is 1. The van der Waals surface area contributed by atoms with Gasteiger partial charge < -0.3 is 14.8 Å². The van der Waals surface area contributed by atoms with Crippen molar-refractivity contribution in [1.82, 2.24) is 5.32 Å². The first kappa shape index (κ1) is 18.5. The standard InChI is InChI=1S/C22H18BrNO4/c23-16-8-6-15(7-9-16)22(26)24-18-13-20-19(27-10-11-28-20)12-17(18)21(25)14-4-2-1-3-5-14/h1-9,12-13,17-18H,10-11H2,(H,24,26). The molecule has 6 heteroatoms. The van der Waals surface area contributed by atoms with Crippen LogP contribution in [0.5, 0.6) is 0 Å². The fourth-order valence-electron chi connectivity index (χ4n) is 3.24. The van der Waals surface area contributed by atoms with Crippen LogP contribution in [-0.4, -0.2) is 30.9 Å². The summed E-state index contributed by atoms with van der Waals surface area (Å²) in [6, 6.07) is 15.6. The van der Waals surface area contributed by atoms with Crippen molar-refractivity contribution in [1.29, 1.82) is 0 Å². The molecule has 4 rings (SSSR count). The Hall–Kier alpha value is -2.86. The highest BCUT2D eigenvalue weighted by molar-refractivity contribution is 9.10. The maximum absolute atomic E-state index is 13.1. The van der Waals surface area contributed by atoms with Crippen molar-refractivity contribution in [3.8, 4) is 0 Å². The monoisotopic (exact) mass is 439 g/mol. The van der Waals surface area contributed by atoms with Gasteiger partial charge in [-0.3, -0.25) is 9.59 Å². The molecule has 2 aromatic carbocycles. The van der Waals surface area contributed by atoms with E-state index < -0.39 is 12.0 Å². The lowest BCUT2D eigenvalue weighted by Crippen LogP contribution is -2.44. The summed E-state index contributed by atoms with van der Waals surface area (Å²) >= 11 is 3.36. The van der Waals surface area contributed by atoms with Crippen LogP contribution in [0.1, 0.15) is 20.7 Å². The van der Waals surface area contributed by atoms with Crippen LogP contribution in [0.15, 0.2) is 82.7 Å². The molecule has 1 aliphatic heterocycles. The Balaban J connectivity index is 1.62. The Labute approximate surface area is 171 Å². The molecule has 1 fully saturated rings. The second-order valence-electron chi connectivity index (χ2n) is 6.52. The van der Waals surface area contributed by atoms with E-state index in [1.165, 1.54) is 0 Å². The quantitative estimate of drug-likeness (QED) is 0.734. The van der Waals surface area contributed by atoms with Gasteiger partial charge in [0.2, 0.25) is 0 Å². The zero-order valence-corrected chi connectivity index (χ0v) is 16.5. The largest absolute Gasteiger partial charge is 0.486 e. The third-order valence-corrected chi connectivity index (χ3v) is 5.18. The van der Waals surface area contributed by atoms with Crippen molar-refractivity contribution in [2.75, 3.05) is 13.2 Å². The number of rotatable bonds is 4. The van der Waals surface area contributed by atoms with Gasteiger partial charge in [-0.15, -0.1) is 0 Å². The minimum absolute atomic E-state index is 0.0846. The predicted octanol–water partition coefficient (Wildman–Crippen LogP) is 3.87. The van der Waals surface area contributed by atoms with Gasteiger partial charge in [0.05, 0.1) is 12.0 Å². The summed E-state index contributed by atoms with van der Waals surface area (Å²) in [6.45, 7) is 0.874. The van der Waals surface area contributed by atoms with Gasteiger partial charge in [-0.2, -0.15) is 0 Å². The number of ketones is 1. The lowest BCUT2D eigenvalue weighted by molar-refractivity contribution is 0.0530. The van der Waals surface area contributed by atoms with Gasteiger partial charge in [-0.05, 0) is 36.4 Å². The molecule has 2 unspecified atom stereocenters. The van der Waals surface area contributed by atoms with Gasteiger partial charge in [0.1, 0.15) is 13.2 Å². The first-order valence-electron chi connectivity index (χ1n) is 8.97. The third kappa shape index (κ3) is 3.87. The second kappa shape index (κ2) is 8.02. The summed E-state index contributed by atoms with van der Waals surface area (Å²) < 4.78 is 12.2. The average molecular weight is 440 g/mol. The molecule has 0 saturated carbocycles. The molecule has 142 valence electrons. The molecule has 0 spiro atoms. The van der Waals surface area contributed by atoms with Gasteiger partial charge >= 0.3 is 0 Å². The van der Waals surface area contributed by atoms with Crippen molar-refractivity contribution in [3.63, 3.8) is 0 Å². The first-order chi connectivity index (χ1) is 13.6. The molecule has 1 heterocycles. The van der Waals surface area contributed by atoms with Crippen molar-refractivity contribution in [2.45, 2.75) is 6.04 Å². The van der Waals surface area contributed by atoms with Crippen LogP contribution in [0, 0.1) is 5.92 Å². The third-order valence-electron chi connectivity index (χ3n) is 4.66. The molecule has 0 radical (unpaired) electrons. The van der Waals surface area contributed by atoms with E-state index in [0.29, 0.717) is 35.9 Å². The van der Waals surface area contributed by atoms with E-state index in [0.717, 1.165) is 4.47 Å². The van der Waals surface area contributed by atoms with Crippen molar-refractivity contribution in [2.24, 2.45) is 5.92 Å². The molecule has 5 nitrogen and oxygen atoms in total. The molecular weight excluding hydrogens is 422 g/mol. The van der Waals surface area contributed by atoms with E-state index in [1.807, 2.05) is 18.2 Å². The number of Topliss-reactive ketones (excluding diaryl/α,β-unsaturated/α-hetero) is 1. The molecule has 0 bridgehead atoms. The molecule has 1 saturated heterocycles. The zero-order chi connectivity index (χ0) is 19.5. The van der Waals surface area contributed by atoms with Gasteiger partial charge in [0.15, 0.2) is 17.3 Å². The molecule has 28 heavy (non-hydrogen) atoms. The van der Waals surface area contributed by atoms with E-state index in [1.54, 1.807) is 48.6 Å². The van der Waals surface area contributed by atoms with E-state index in [4.69, 9.17) is 9.47 Å². The van der Waals surface area contributed by atoms with Gasteiger partial charge in [-0.1, -0.05) is 46.3 Å². The summed E-state index contributed by atoms with van der Waals surface area (Å²) in [5, 5.41) is 2.96. The minimum atomic E-state index is -0.581. The van der Waals surface area contributed by atoms with Crippen LogP contribution in [0.25, 0.3) is 0 Å². The Kier molecular flexibility index (Phi) is 5.30. The number of nitrogens with one attached hydrogen (secondary N) is 1. The normalized spacial score (nSPS) is 20.6. The summed E-state index contributed by atoms with van der Waals surface area (Å²) in [5.41, 5.74) is 1.10. The SMILES string of the molecule is O=C(NC1C=C2OCCOC2=CC1C(=O)c1ccccc1)c1ccc(Br)cc1. The summed E-state index contributed by atoms with van der Waals surface area (Å²) in [5.74, 6) is 0.189. The van der Waals surface area contributed by atoms with Crippen LogP contribution in [-0.2, 0) is 9.47 Å². The van der Waals surface area contributed by atoms with Gasteiger partial charge in [0, 0.05) is 15.6 Å². The highest BCUT2D eigenvalue weighted by Gasteiger charge is 2.34. The highest BCUT2D eigenvalue weighted by Crippen LogP contribution is 2.30. The lowest BCUT2D eigenvalue weighted by Gasteiger charge is -2.31. The Morgan fingerprint density at radius 3 is 2.18 bits per heavy atom. The van der Waals surface area contributed by atoms with Crippen LogP contribution >= 0.6 is 15.9 Å². The summed E-state index contributed by atoms with van der Waals surface area (Å²) in [6.07, 6.45) is 3.51. The minimum Gasteiger partial charge on any atom is -0.486 e. The number of amides is 1. The van der Waals surface area contributed by atoms with Crippen LogP contribution < -0.4 is 5.32 Å². The Morgan fingerprint density at radius 1 is 0.857 bits per heavy atom. The highest BCUT2D eigenvalue weighted by atomic mass is 79.9. The molecule has 0 aromatic heterocycles. The fraction of sp³-hybridized carbons (Fsp3) is 0.182. The predicted molar refractivity (Wildman–Crippen MR) is 108 cm³/mol. The fourth-order valence-corrected chi connectivity index (χ4v) is 3.50. The maximum atomic E-state index is 13.1. The molecule has 1 N–H and O–H groups in total. The average Bonchev–Trinajstić information content (AvgIpc) is 2.74. The maximum Gasteiger partial charge on any atom is 0.251 e. The first-order valence-corrected chi connectivity index (χ1v) is 9.76. The van der Waals surface area contributed by atoms with Gasteiger partial charge in [-0.25, -0.2) is 0 Å². The number of carbonyl (C=O) groups is 2. The van der Waals surface area contributed by atoms with Crippen LogP contribution in [0.4, 0.5) is 0 Å². The Morgan fingerprint density at radius 2 is 1.50 bits per heavy atom. The molecule has 2 aliphatic rings. The van der Waals surface area contributed by atoms with E-state index in [2.05, 4.69) is 21.2 Å². The van der Waals surface area contributed by atoms with E-state index in [-0.39, 0.29) is 11.7 Å². The topological polar surface area (TPSA) is 64.6 Å². The van der Waals surface area contributed by atoms with E-state index in [9.17, 15) is 9.59 Å². The zero-order valence-electron chi connectivity index (χ0n) is 14.9. The molecular formula is C22H18BrNO4. The second-order valence-corrected chi connectivity index (χ2v) is 7.44. The number of halogens is 1. The molecule has 1 aliphatic carbocycles. The molecule has 2 atom stereocenters. The number of ether oxygens (including phenoxy) is 2. The van der Waals surface area contributed by atoms with Crippen molar-refractivity contribution >= 4 is 27.6 Å². The van der Waals surface area contributed by atoms with Crippen molar-refractivity contribution in [3.05, 3.63) is 93.9 Å². The summed E-state index contributed by atoms with van der Waals surface area (Å²) in [7, 11) is 0. The lowest BCUT2D eigenvalue weighted by atomic mass is 9.86. The van der Waals surface area contributed by atoms with Gasteiger partial charge in [0.25, 0.3) is 5.91 Å². The Bertz CT molecular complexity index is 950. The van der Waals surface area contributed by atoms with E-state index >= 15 is 0 Å². The number of benzene rings is 2. The van der Waals surface area contributed by atoms with Crippen LogP contribution in [0.3, 0.4) is 0 Å². The number of hydrogen-bond donors (Lipinski definition) is 1. The van der Waals surface area contributed by atoms with Crippen LogP contribution in [0.2, 0.25) is 0 Å².